The maximum absolute atomic E-state index is 14.9. The number of aromatic nitrogens is 2. The van der Waals surface area contributed by atoms with E-state index in [1.54, 1.807) is 37.4 Å². The first-order valence-electron chi connectivity index (χ1n) is 10.9. The van der Waals surface area contributed by atoms with Crippen molar-refractivity contribution in [1.29, 1.82) is 0 Å². The number of halogens is 2. The summed E-state index contributed by atoms with van der Waals surface area (Å²) in [5.74, 6) is 0.126. The molecule has 0 saturated carbocycles. The predicted octanol–water partition coefficient (Wildman–Crippen LogP) is 5.19. The van der Waals surface area contributed by atoms with Gasteiger partial charge in [-0.1, -0.05) is 0 Å². The summed E-state index contributed by atoms with van der Waals surface area (Å²) in [7, 11) is 1.57. The lowest BCUT2D eigenvalue weighted by molar-refractivity contribution is 0.0920. The van der Waals surface area contributed by atoms with E-state index < -0.39 is 17.5 Å². The van der Waals surface area contributed by atoms with Crippen molar-refractivity contribution in [3.05, 3.63) is 48.5 Å². The molecule has 0 unspecified atom stereocenters. The van der Waals surface area contributed by atoms with Crippen molar-refractivity contribution in [1.82, 2.24) is 15.3 Å². The zero-order chi connectivity index (χ0) is 24.7. The number of methoxy groups -OCH3 is 1. The lowest BCUT2D eigenvalue weighted by Crippen LogP contribution is -2.32. The lowest BCUT2D eigenvalue weighted by atomic mass is 10.1. The highest BCUT2D eigenvalue weighted by Crippen LogP contribution is 2.30. The highest BCUT2D eigenvalue weighted by Gasteiger charge is 2.16. The van der Waals surface area contributed by atoms with Crippen LogP contribution in [0.15, 0.2) is 42.7 Å². The molecule has 8 nitrogen and oxygen atoms in total. The minimum Gasteiger partial charge on any atom is -0.488 e. The van der Waals surface area contributed by atoms with Crippen LogP contribution in [0.3, 0.4) is 0 Å². The SMILES string of the molecule is COC[C@@H](C)Oc1cc(F)c2c(Nc3ccc(NC(=O)NCCC(C)(C)F)cc3)ncnc2c1. The predicted molar refractivity (Wildman–Crippen MR) is 128 cm³/mol. The summed E-state index contributed by atoms with van der Waals surface area (Å²) in [5.41, 5.74) is 0.234. The van der Waals surface area contributed by atoms with Crippen LogP contribution >= 0.6 is 0 Å². The molecule has 1 heterocycles. The number of hydrogen-bond donors (Lipinski definition) is 3. The maximum Gasteiger partial charge on any atom is 0.319 e. The van der Waals surface area contributed by atoms with E-state index in [0.29, 0.717) is 35.1 Å². The van der Waals surface area contributed by atoms with Gasteiger partial charge in [-0.15, -0.1) is 0 Å². The molecule has 10 heteroatoms. The molecule has 0 saturated heterocycles. The van der Waals surface area contributed by atoms with Crippen LogP contribution in [-0.4, -0.2) is 48.0 Å². The Morgan fingerprint density at radius 1 is 1.15 bits per heavy atom. The fourth-order valence-corrected chi connectivity index (χ4v) is 3.20. The van der Waals surface area contributed by atoms with E-state index in [0.717, 1.165) is 0 Å². The van der Waals surface area contributed by atoms with E-state index in [-0.39, 0.29) is 24.5 Å². The topological polar surface area (TPSA) is 97.4 Å². The van der Waals surface area contributed by atoms with Crippen LogP contribution in [0.4, 0.5) is 30.8 Å². The number of ether oxygens (including phenoxy) is 2. The van der Waals surface area contributed by atoms with Crippen LogP contribution in [0.25, 0.3) is 10.9 Å². The van der Waals surface area contributed by atoms with Gasteiger partial charge in [-0.25, -0.2) is 23.5 Å². The quantitative estimate of drug-likeness (QED) is 0.375. The Bertz CT molecular complexity index is 1120. The van der Waals surface area contributed by atoms with Crippen LogP contribution in [0.5, 0.6) is 5.75 Å². The molecule has 2 amide bonds. The lowest BCUT2D eigenvalue weighted by Gasteiger charge is -2.15. The summed E-state index contributed by atoms with van der Waals surface area (Å²) in [5, 5.41) is 8.60. The summed E-state index contributed by atoms with van der Waals surface area (Å²) < 4.78 is 39.1. The first kappa shape index (κ1) is 25.1. The van der Waals surface area contributed by atoms with E-state index in [2.05, 4.69) is 25.9 Å². The molecule has 182 valence electrons. The first-order chi connectivity index (χ1) is 16.1. The molecule has 0 radical (unpaired) electrons. The zero-order valence-electron chi connectivity index (χ0n) is 19.6. The zero-order valence-corrected chi connectivity index (χ0v) is 19.6. The summed E-state index contributed by atoms with van der Waals surface area (Å²) in [6, 6.07) is 9.32. The van der Waals surface area contributed by atoms with Crippen LogP contribution in [0.1, 0.15) is 27.2 Å². The second kappa shape index (κ2) is 11.1. The molecular formula is C24H29F2N5O3. The third-order valence-electron chi connectivity index (χ3n) is 4.81. The molecule has 2 aromatic carbocycles. The second-order valence-electron chi connectivity index (χ2n) is 8.46. The highest BCUT2D eigenvalue weighted by molar-refractivity contribution is 5.92. The molecule has 0 aliphatic heterocycles. The average Bonchev–Trinajstić information content (AvgIpc) is 2.74. The van der Waals surface area contributed by atoms with E-state index in [4.69, 9.17) is 9.47 Å². The Morgan fingerprint density at radius 3 is 2.53 bits per heavy atom. The fourth-order valence-electron chi connectivity index (χ4n) is 3.20. The monoisotopic (exact) mass is 473 g/mol. The van der Waals surface area contributed by atoms with E-state index in [1.165, 1.54) is 26.2 Å². The third kappa shape index (κ3) is 7.24. The Balaban J connectivity index is 1.67. The van der Waals surface area contributed by atoms with Crippen molar-refractivity contribution in [2.24, 2.45) is 0 Å². The molecule has 1 atom stereocenters. The van der Waals surface area contributed by atoms with E-state index >= 15 is 0 Å². The number of rotatable bonds is 10. The minimum absolute atomic E-state index is 0.215. The van der Waals surface area contributed by atoms with Crippen LogP contribution in [-0.2, 0) is 4.74 Å². The van der Waals surface area contributed by atoms with Gasteiger partial charge >= 0.3 is 6.03 Å². The highest BCUT2D eigenvalue weighted by atomic mass is 19.1. The van der Waals surface area contributed by atoms with Gasteiger partial charge in [0.15, 0.2) is 0 Å². The molecule has 3 aromatic rings. The summed E-state index contributed by atoms with van der Waals surface area (Å²) in [6.07, 6.45) is 1.31. The number of hydrogen-bond acceptors (Lipinski definition) is 6. The molecule has 1 aromatic heterocycles. The van der Waals surface area contributed by atoms with Crippen molar-refractivity contribution in [3.63, 3.8) is 0 Å². The first-order valence-corrected chi connectivity index (χ1v) is 10.9. The Labute approximate surface area is 197 Å². The van der Waals surface area contributed by atoms with Gasteiger partial charge in [0, 0.05) is 37.2 Å². The van der Waals surface area contributed by atoms with Gasteiger partial charge < -0.3 is 25.4 Å². The molecule has 0 aliphatic rings. The van der Waals surface area contributed by atoms with Gasteiger partial charge in [0.05, 0.1) is 17.5 Å². The Morgan fingerprint density at radius 2 is 1.85 bits per heavy atom. The third-order valence-corrected chi connectivity index (χ3v) is 4.81. The number of carbonyl (C=O) groups is 1. The molecule has 0 bridgehead atoms. The van der Waals surface area contributed by atoms with Gasteiger partial charge in [0.1, 0.15) is 35.5 Å². The molecular weight excluding hydrogens is 444 g/mol. The molecule has 0 fully saturated rings. The number of amides is 2. The van der Waals surface area contributed by atoms with Gasteiger partial charge in [-0.2, -0.15) is 0 Å². The number of alkyl halides is 1. The Kier molecular flexibility index (Phi) is 8.17. The minimum atomic E-state index is -1.34. The largest absolute Gasteiger partial charge is 0.488 e. The van der Waals surface area contributed by atoms with Crippen molar-refractivity contribution in [2.75, 3.05) is 30.9 Å². The fraction of sp³-hybridized carbons (Fsp3) is 0.375. The average molecular weight is 474 g/mol. The Hall–Kier alpha value is -3.53. The van der Waals surface area contributed by atoms with Gasteiger partial charge in [0.2, 0.25) is 0 Å². The summed E-state index contributed by atoms with van der Waals surface area (Å²) in [6.45, 7) is 5.34. The number of benzene rings is 2. The number of carbonyl (C=O) groups excluding carboxylic acids is 1. The van der Waals surface area contributed by atoms with Crippen molar-refractivity contribution in [2.45, 2.75) is 39.0 Å². The standard InChI is InChI=1S/C24H29F2N5O3/c1-15(13-33-4)34-18-11-19(25)21-20(12-18)28-14-29-22(21)30-16-5-7-17(8-6-16)31-23(32)27-10-9-24(2,3)26/h5-8,11-12,14-15H,9-10,13H2,1-4H3,(H2,27,31,32)(H,28,29,30)/t15-/m1/s1. The van der Waals surface area contributed by atoms with Crippen molar-refractivity contribution in [3.8, 4) is 5.75 Å². The number of urea groups is 1. The van der Waals surface area contributed by atoms with Crippen molar-refractivity contribution < 1.29 is 23.0 Å². The van der Waals surface area contributed by atoms with E-state index in [9.17, 15) is 13.6 Å². The number of anilines is 3. The van der Waals surface area contributed by atoms with Crippen LogP contribution in [0, 0.1) is 5.82 Å². The van der Waals surface area contributed by atoms with Gasteiger partial charge in [-0.05, 0) is 51.5 Å². The molecule has 3 rings (SSSR count). The normalized spacial score (nSPS) is 12.3. The maximum atomic E-state index is 14.9. The summed E-state index contributed by atoms with van der Waals surface area (Å²) in [4.78, 5) is 20.3. The molecule has 34 heavy (non-hydrogen) atoms. The number of nitrogens with zero attached hydrogens (tertiary/aromatic N) is 2. The van der Waals surface area contributed by atoms with E-state index in [1.807, 2.05) is 6.92 Å². The van der Waals surface area contributed by atoms with Crippen LogP contribution < -0.4 is 20.7 Å². The van der Waals surface area contributed by atoms with Crippen molar-refractivity contribution >= 4 is 34.1 Å². The molecule has 0 spiro atoms. The number of fused-ring (bicyclic) bond motifs is 1. The molecule has 3 N–H and O–H groups in total. The van der Waals surface area contributed by atoms with Gasteiger partial charge in [0.25, 0.3) is 0 Å². The molecule has 0 aliphatic carbocycles. The number of nitrogens with one attached hydrogen (secondary N) is 3. The second-order valence-corrected chi connectivity index (χ2v) is 8.46. The smallest absolute Gasteiger partial charge is 0.319 e. The summed E-state index contributed by atoms with van der Waals surface area (Å²) >= 11 is 0. The van der Waals surface area contributed by atoms with Gasteiger partial charge in [-0.3, -0.25) is 0 Å². The van der Waals surface area contributed by atoms with Crippen LogP contribution in [0.2, 0.25) is 0 Å².